The van der Waals surface area contributed by atoms with Gasteiger partial charge in [-0.1, -0.05) is 13.3 Å². The largest absolute Gasteiger partial charge is 0.382 e. The summed E-state index contributed by atoms with van der Waals surface area (Å²) in [6.07, 6.45) is 9.40. The van der Waals surface area contributed by atoms with Crippen molar-refractivity contribution >= 4 is 11.3 Å². The second-order valence-electron chi connectivity index (χ2n) is 6.88. The van der Waals surface area contributed by atoms with E-state index in [0.717, 1.165) is 42.0 Å². The standard InChI is InChI=1S/C17H26N6/c1-2-14-10-15(17-20-19-12-23(17)21-14)18-11-13-6-5-9-22-8-4-3-7-16(13)22/h10,12-13,16,18H,2-9,11H2,1H3/t13-,16+/m0/s1. The Morgan fingerprint density at radius 1 is 1.22 bits per heavy atom. The molecule has 2 aliphatic rings. The van der Waals surface area contributed by atoms with Gasteiger partial charge in [-0.25, -0.2) is 0 Å². The predicted molar refractivity (Wildman–Crippen MR) is 90.6 cm³/mol. The van der Waals surface area contributed by atoms with Gasteiger partial charge in [0.15, 0.2) is 0 Å². The molecule has 0 radical (unpaired) electrons. The SMILES string of the molecule is CCc1cc(NC[C@@H]2CCCN3CCCC[C@H]23)c2nncn2n1. The van der Waals surface area contributed by atoms with E-state index in [1.54, 1.807) is 10.8 Å². The lowest BCUT2D eigenvalue weighted by atomic mass is 9.83. The zero-order chi connectivity index (χ0) is 15.6. The van der Waals surface area contributed by atoms with Gasteiger partial charge in [-0.05, 0) is 57.2 Å². The zero-order valence-electron chi connectivity index (χ0n) is 13.9. The molecule has 1 N–H and O–H groups in total. The van der Waals surface area contributed by atoms with Gasteiger partial charge in [0.1, 0.15) is 6.33 Å². The molecule has 4 rings (SSSR count). The van der Waals surface area contributed by atoms with E-state index in [2.05, 4.69) is 38.5 Å². The van der Waals surface area contributed by atoms with E-state index in [0.29, 0.717) is 0 Å². The molecule has 4 heterocycles. The van der Waals surface area contributed by atoms with Crippen LogP contribution in [0.5, 0.6) is 0 Å². The Bertz CT molecular complexity index is 664. The number of nitrogens with zero attached hydrogens (tertiary/aromatic N) is 5. The summed E-state index contributed by atoms with van der Waals surface area (Å²) in [5.74, 6) is 0.741. The second-order valence-corrected chi connectivity index (χ2v) is 6.88. The number of aromatic nitrogens is 4. The number of piperidine rings is 2. The van der Waals surface area contributed by atoms with Gasteiger partial charge in [0.05, 0.1) is 11.4 Å². The Balaban J connectivity index is 1.51. The second kappa shape index (κ2) is 6.43. The van der Waals surface area contributed by atoms with Crippen molar-refractivity contribution in [2.45, 2.75) is 51.5 Å². The van der Waals surface area contributed by atoms with Gasteiger partial charge in [0, 0.05) is 12.6 Å². The Kier molecular flexibility index (Phi) is 4.16. The van der Waals surface area contributed by atoms with Crippen LogP contribution in [-0.2, 0) is 6.42 Å². The van der Waals surface area contributed by atoms with Gasteiger partial charge in [-0.2, -0.15) is 9.61 Å². The van der Waals surface area contributed by atoms with Gasteiger partial charge >= 0.3 is 0 Å². The molecular weight excluding hydrogens is 288 g/mol. The van der Waals surface area contributed by atoms with Gasteiger partial charge in [-0.3, -0.25) is 0 Å². The first kappa shape index (κ1) is 14.9. The highest BCUT2D eigenvalue weighted by Crippen LogP contribution is 2.31. The first-order valence-corrected chi connectivity index (χ1v) is 9.03. The molecule has 124 valence electrons. The van der Waals surface area contributed by atoms with Crippen LogP contribution in [0, 0.1) is 5.92 Å². The number of fused-ring (bicyclic) bond motifs is 2. The van der Waals surface area contributed by atoms with Crippen molar-refractivity contribution in [3.8, 4) is 0 Å². The van der Waals surface area contributed by atoms with Crippen LogP contribution in [-0.4, -0.2) is 50.4 Å². The molecule has 2 aliphatic heterocycles. The fourth-order valence-electron chi connectivity index (χ4n) is 4.24. The number of aryl methyl sites for hydroxylation is 1. The molecule has 6 nitrogen and oxygen atoms in total. The lowest BCUT2D eigenvalue weighted by Gasteiger charge is -2.44. The number of rotatable bonds is 4. The van der Waals surface area contributed by atoms with Crippen LogP contribution in [0.3, 0.4) is 0 Å². The van der Waals surface area contributed by atoms with Crippen LogP contribution < -0.4 is 5.32 Å². The zero-order valence-corrected chi connectivity index (χ0v) is 13.9. The van der Waals surface area contributed by atoms with Crippen LogP contribution in [0.1, 0.15) is 44.7 Å². The van der Waals surface area contributed by atoms with Crippen molar-refractivity contribution in [1.29, 1.82) is 0 Å². The Labute approximate surface area is 137 Å². The minimum Gasteiger partial charge on any atom is -0.382 e. The molecule has 2 saturated heterocycles. The fourth-order valence-corrected chi connectivity index (χ4v) is 4.24. The summed E-state index contributed by atoms with van der Waals surface area (Å²) < 4.78 is 1.79. The van der Waals surface area contributed by atoms with Crippen molar-refractivity contribution in [2.24, 2.45) is 5.92 Å². The van der Waals surface area contributed by atoms with Crippen LogP contribution in [0.25, 0.3) is 5.65 Å². The van der Waals surface area contributed by atoms with Crippen LogP contribution in [0.15, 0.2) is 12.4 Å². The molecule has 2 aromatic rings. The highest BCUT2D eigenvalue weighted by atomic mass is 15.3. The highest BCUT2D eigenvalue weighted by Gasteiger charge is 2.32. The first-order chi connectivity index (χ1) is 11.3. The lowest BCUT2D eigenvalue weighted by molar-refractivity contribution is 0.0649. The van der Waals surface area contributed by atoms with E-state index in [4.69, 9.17) is 0 Å². The summed E-state index contributed by atoms with van der Waals surface area (Å²) in [6.45, 7) is 5.75. The smallest absolute Gasteiger partial charge is 0.200 e. The van der Waals surface area contributed by atoms with Gasteiger partial charge < -0.3 is 10.2 Å². The third-order valence-corrected chi connectivity index (χ3v) is 5.46. The molecule has 0 unspecified atom stereocenters. The molecule has 6 heteroatoms. The summed E-state index contributed by atoms with van der Waals surface area (Å²) in [5, 5.41) is 16.4. The molecule has 0 aromatic carbocycles. The predicted octanol–water partition coefficient (Wildman–Crippen LogP) is 2.36. The highest BCUT2D eigenvalue weighted by molar-refractivity contribution is 5.66. The number of hydrogen-bond donors (Lipinski definition) is 1. The summed E-state index contributed by atoms with van der Waals surface area (Å²) in [5.41, 5.74) is 2.98. The van der Waals surface area contributed by atoms with E-state index in [9.17, 15) is 0 Å². The quantitative estimate of drug-likeness (QED) is 0.939. The van der Waals surface area contributed by atoms with E-state index in [1.807, 2.05) is 0 Å². The number of anilines is 1. The van der Waals surface area contributed by atoms with E-state index in [-0.39, 0.29) is 0 Å². The van der Waals surface area contributed by atoms with Crippen LogP contribution >= 0.6 is 0 Å². The van der Waals surface area contributed by atoms with Crippen molar-refractivity contribution in [3.63, 3.8) is 0 Å². The third-order valence-electron chi connectivity index (χ3n) is 5.46. The van der Waals surface area contributed by atoms with Crippen LogP contribution in [0.4, 0.5) is 5.69 Å². The maximum atomic E-state index is 4.52. The van der Waals surface area contributed by atoms with Crippen molar-refractivity contribution in [3.05, 3.63) is 18.1 Å². The van der Waals surface area contributed by atoms with Crippen molar-refractivity contribution < 1.29 is 0 Å². The maximum Gasteiger partial charge on any atom is 0.200 e. The van der Waals surface area contributed by atoms with Crippen LogP contribution in [0.2, 0.25) is 0 Å². The average Bonchev–Trinajstić information content (AvgIpc) is 3.08. The molecule has 2 fully saturated rings. The molecular formula is C17H26N6. The fraction of sp³-hybridized carbons (Fsp3) is 0.706. The molecule has 0 amide bonds. The molecule has 23 heavy (non-hydrogen) atoms. The Morgan fingerprint density at radius 3 is 3.04 bits per heavy atom. The third kappa shape index (κ3) is 2.92. The molecule has 0 aliphatic carbocycles. The first-order valence-electron chi connectivity index (χ1n) is 9.03. The van der Waals surface area contributed by atoms with Gasteiger partial charge in [-0.15, -0.1) is 10.2 Å². The maximum absolute atomic E-state index is 4.52. The van der Waals surface area contributed by atoms with Crippen molar-refractivity contribution in [1.82, 2.24) is 24.7 Å². The number of nitrogens with one attached hydrogen (secondary N) is 1. The summed E-state index contributed by atoms with van der Waals surface area (Å²) in [7, 11) is 0. The minimum atomic E-state index is 0.741. The average molecular weight is 314 g/mol. The normalized spacial score (nSPS) is 25.4. The van der Waals surface area contributed by atoms with E-state index >= 15 is 0 Å². The van der Waals surface area contributed by atoms with Crippen molar-refractivity contribution in [2.75, 3.05) is 25.0 Å². The summed E-state index contributed by atoms with van der Waals surface area (Å²) in [4.78, 5) is 2.72. The topological polar surface area (TPSA) is 58.3 Å². The molecule has 0 saturated carbocycles. The molecule has 2 atom stereocenters. The van der Waals surface area contributed by atoms with E-state index in [1.165, 1.54) is 45.2 Å². The summed E-state index contributed by atoms with van der Waals surface area (Å²) in [6, 6.07) is 2.90. The lowest BCUT2D eigenvalue weighted by Crippen LogP contribution is -2.49. The Morgan fingerprint density at radius 2 is 2.13 bits per heavy atom. The molecule has 0 spiro atoms. The summed E-state index contributed by atoms with van der Waals surface area (Å²) >= 11 is 0. The minimum absolute atomic E-state index is 0.741. The van der Waals surface area contributed by atoms with Gasteiger partial charge in [0.2, 0.25) is 5.65 Å². The van der Waals surface area contributed by atoms with E-state index < -0.39 is 0 Å². The number of hydrogen-bond acceptors (Lipinski definition) is 5. The Hall–Kier alpha value is -1.69. The molecule has 2 aromatic heterocycles. The van der Waals surface area contributed by atoms with Gasteiger partial charge in [0.25, 0.3) is 0 Å². The molecule has 0 bridgehead atoms. The monoisotopic (exact) mass is 314 g/mol.